The van der Waals surface area contributed by atoms with Crippen LogP contribution in [0, 0.1) is 0 Å². The summed E-state index contributed by atoms with van der Waals surface area (Å²) in [6.45, 7) is 8.55. The van der Waals surface area contributed by atoms with Crippen LogP contribution < -0.4 is 14.2 Å². The fraction of sp³-hybridized carbons (Fsp3) is 0.667. The van der Waals surface area contributed by atoms with E-state index in [-0.39, 0.29) is 17.1 Å². The second-order valence-corrected chi connectivity index (χ2v) is 14.1. The molecule has 0 aromatic heterocycles. The molecule has 0 radical (unpaired) electrons. The number of carbonyl (C=O) groups is 1. The van der Waals surface area contributed by atoms with Crippen molar-refractivity contribution in [3.05, 3.63) is 53.6 Å². The van der Waals surface area contributed by atoms with Crippen LogP contribution in [0.1, 0.15) is 191 Å². The van der Waals surface area contributed by atoms with Crippen molar-refractivity contribution in [1.82, 2.24) is 0 Å². The number of allylic oxidation sites excluding steroid dienone is 1. The largest absolute Gasteiger partial charge is 0.507 e. The molecule has 0 atom stereocenters. The lowest BCUT2D eigenvalue weighted by Crippen LogP contribution is -2.06. The third kappa shape index (κ3) is 20.7. The molecule has 1 N–H and O–H groups in total. The summed E-state index contributed by atoms with van der Waals surface area (Å²) < 4.78 is 18.1. The highest BCUT2D eigenvalue weighted by atomic mass is 16.5. The molecule has 0 spiro atoms. The van der Waals surface area contributed by atoms with Crippen LogP contribution in [0.15, 0.2) is 42.5 Å². The van der Waals surface area contributed by atoms with Gasteiger partial charge in [-0.2, -0.15) is 0 Å². The van der Waals surface area contributed by atoms with E-state index in [1.54, 1.807) is 18.2 Å². The molecule has 5 nitrogen and oxygen atoms in total. The molecule has 0 heterocycles. The summed E-state index contributed by atoms with van der Waals surface area (Å²) in [7, 11) is 0. The van der Waals surface area contributed by atoms with E-state index in [4.69, 9.17) is 14.2 Å². The molecule has 0 unspecified atom stereocenters. The van der Waals surface area contributed by atoms with E-state index < -0.39 is 0 Å². The molecule has 282 valence electrons. The van der Waals surface area contributed by atoms with Crippen LogP contribution >= 0.6 is 0 Å². The quantitative estimate of drug-likeness (QED) is 0.0458. The molecule has 0 bridgehead atoms. The van der Waals surface area contributed by atoms with E-state index in [2.05, 4.69) is 20.8 Å². The van der Waals surface area contributed by atoms with E-state index in [0.29, 0.717) is 24.7 Å². The van der Waals surface area contributed by atoms with Crippen molar-refractivity contribution < 1.29 is 24.1 Å². The van der Waals surface area contributed by atoms with Crippen LogP contribution in [-0.4, -0.2) is 30.7 Å². The van der Waals surface area contributed by atoms with Gasteiger partial charge in [0.25, 0.3) is 0 Å². The molecule has 0 amide bonds. The average Bonchev–Trinajstić information content (AvgIpc) is 3.12. The SMILES string of the molecule is CCCCCCCCCCOc1ccc(/C=C/C(=O)c2c(O)cc(OCCCCCCCCCC)cc2OCCCCCCCCCC)cc1. The number of rotatable bonds is 33. The lowest BCUT2D eigenvalue weighted by Gasteiger charge is -2.14. The van der Waals surface area contributed by atoms with Crippen LogP contribution in [0.4, 0.5) is 0 Å². The van der Waals surface area contributed by atoms with Gasteiger partial charge < -0.3 is 19.3 Å². The molecule has 2 aromatic rings. The van der Waals surface area contributed by atoms with Gasteiger partial charge in [0.05, 0.1) is 19.8 Å². The minimum Gasteiger partial charge on any atom is -0.507 e. The van der Waals surface area contributed by atoms with Crippen LogP contribution in [-0.2, 0) is 0 Å². The average molecular weight is 693 g/mol. The van der Waals surface area contributed by atoms with E-state index in [1.165, 1.54) is 128 Å². The predicted molar refractivity (Wildman–Crippen MR) is 212 cm³/mol. The Balaban J connectivity index is 1.91. The molecular formula is C45H72O5. The van der Waals surface area contributed by atoms with Gasteiger partial charge in [0.2, 0.25) is 0 Å². The maximum atomic E-state index is 13.4. The van der Waals surface area contributed by atoms with E-state index in [1.807, 2.05) is 24.3 Å². The van der Waals surface area contributed by atoms with Crippen molar-refractivity contribution in [2.75, 3.05) is 19.8 Å². The zero-order valence-electron chi connectivity index (χ0n) is 32.3. The zero-order valence-corrected chi connectivity index (χ0v) is 32.3. The van der Waals surface area contributed by atoms with Crippen molar-refractivity contribution in [3.63, 3.8) is 0 Å². The number of ether oxygens (including phenoxy) is 3. The maximum Gasteiger partial charge on any atom is 0.193 e. The second-order valence-electron chi connectivity index (χ2n) is 14.1. The molecule has 0 fully saturated rings. The van der Waals surface area contributed by atoms with Crippen LogP contribution in [0.25, 0.3) is 6.08 Å². The Bertz CT molecular complexity index is 1140. The first-order valence-electron chi connectivity index (χ1n) is 20.7. The van der Waals surface area contributed by atoms with Gasteiger partial charge in [0.15, 0.2) is 5.78 Å². The molecule has 2 aromatic carbocycles. The lowest BCUT2D eigenvalue weighted by molar-refractivity contribution is 0.104. The highest BCUT2D eigenvalue weighted by Crippen LogP contribution is 2.35. The van der Waals surface area contributed by atoms with Gasteiger partial charge in [0.1, 0.15) is 28.6 Å². The predicted octanol–water partition coefficient (Wildman–Crippen LogP) is 13.8. The second kappa shape index (κ2) is 29.7. The fourth-order valence-electron chi connectivity index (χ4n) is 6.22. The molecule has 50 heavy (non-hydrogen) atoms. The number of ketones is 1. The first-order chi connectivity index (χ1) is 24.6. The van der Waals surface area contributed by atoms with Gasteiger partial charge in [-0.15, -0.1) is 0 Å². The fourth-order valence-corrected chi connectivity index (χ4v) is 6.22. The lowest BCUT2D eigenvalue weighted by atomic mass is 10.1. The minimum atomic E-state index is -0.293. The molecule has 5 heteroatoms. The normalized spacial score (nSPS) is 11.3. The van der Waals surface area contributed by atoms with E-state index >= 15 is 0 Å². The van der Waals surface area contributed by atoms with Gasteiger partial charge in [-0.1, -0.05) is 174 Å². The topological polar surface area (TPSA) is 65.0 Å². The third-order valence-corrected chi connectivity index (χ3v) is 9.40. The maximum absolute atomic E-state index is 13.4. The molecule has 2 rings (SSSR count). The number of unbranched alkanes of at least 4 members (excludes halogenated alkanes) is 21. The molecule has 0 saturated carbocycles. The van der Waals surface area contributed by atoms with Crippen molar-refractivity contribution in [2.24, 2.45) is 0 Å². The van der Waals surface area contributed by atoms with E-state index in [0.717, 1.165) is 50.0 Å². The Labute approximate surface area is 306 Å². The van der Waals surface area contributed by atoms with Crippen molar-refractivity contribution in [2.45, 2.75) is 175 Å². The number of benzene rings is 2. The summed E-state index contributed by atoms with van der Waals surface area (Å²) in [4.78, 5) is 13.4. The Morgan fingerprint density at radius 2 is 0.920 bits per heavy atom. The molecular weight excluding hydrogens is 620 g/mol. The summed E-state index contributed by atoms with van der Waals surface area (Å²) in [5.41, 5.74) is 1.08. The van der Waals surface area contributed by atoms with Crippen molar-refractivity contribution in [1.29, 1.82) is 0 Å². The molecule has 0 aliphatic carbocycles. The highest BCUT2D eigenvalue weighted by Gasteiger charge is 2.18. The van der Waals surface area contributed by atoms with Gasteiger partial charge in [-0.3, -0.25) is 4.79 Å². The zero-order chi connectivity index (χ0) is 35.9. The molecule has 0 aliphatic rings. The third-order valence-electron chi connectivity index (χ3n) is 9.40. The van der Waals surface area contributed by atoms with Crippen LogP contribution in [0.3, 0.4) is 0 Å². The Kier molecular flexibility index (Phi) is 25.7. The number of hydrogen-bond donors (Lipinski definition) is 1. The minimum absolute atomic E-state index is 0.108. The molecule has 0 aliphatic heterocycles. The van der Waals surface area contributed by atoms with Crippen LogP contribution in [0.5, 0.6) is 23.0 Å². The Morgan fingerprint density at radius 1 is 0.520 bits per heavy atom. The van der Waals surface area contributed by atoms with Crippen LogP contribution in [0.2, 0.25) is 0 Å². The summed E-state index contributed by atoms with van der Waals surface area (Å²) in [6.07, 6.45) is 33.0. The first kappa shape index (κ1) is 43.2. The number of hydrogen-bond acceptors (Lipinski definition) is 5. The van der Waals surface area contributed by atoms with Gasteiger partial charge in [-0.25, -0.2) is 0 Å². The Morgan fingerprint density at radius 3 is 1.38 bits per heavy atom. The van der Waals surface area contributed by atoms with Gasteiger partial charge in [-0.05, 0) is 43.0 Å². The summed E-state index contributed by atoms with van der Waals surface area (Å²) in [5.74, 6) is 1.37. The highest BCUT2D eigenvalue weighted by molar-refractivity contribution is 6.10. The molecule has 0 saturated heterocycles. The first-order valence-corrected chi connectivity index (χ1v) is 20.7. The van der Waals surface area contributed by atoms with Crippen molar-refractivity contribution in [3.8, 4) is 23.0 Å². The van der Waals surface area contributed by atoms with Crippen molar-refractivity contribution >= 4 is 11.9 Å². The smallest absolute Gasteiger partial charge is 0.193 e. The monoisotopic (exact) mass is 693 g/mol. The summed E-state index contributed by atoms with van der Waals surface area (Å²) in [6, 6.07) is 11.1. The number of aromatic hydroxyl groups is 1. The standard InChI is InChI=1S/C45H72O5/c1-4-7-10-13-16-19-22-25-34-48-40-31-28-39(29-32-40)30-33-42(46)45-43(47)37-41(49-35-26-23-20-17-14-11-8-5-2)38-44(45)50-36-27-24-21-18-15-12-9-6-3/h28-33,37-38,47H,4-27,34-36H2,1-3H3/b33-30+. The summed E-state index contributed by atoms with van der Waals surface area (Å²) in [5, 5.41) is 11.0. The van der Waals surface area contributed by atoms with E-state index in [9.17, 15) is 9.90 Å². The number of carbonyl (C=O) groups excluding carboxylic acids is 1. The number of phenolic OH excluding ortho intramolecular Hbond substituents is 1. The summed E-state index contributed by atoms with van der Waals surface area (Å²) >= 11 is 0. The number of phenols is 1. The van der Waals surface area contributed by atoms with Gasteiger partial charge >= 0.3 is 0 Å². The van der Waals surface area contributed by atoms with Gasteiger partial charge in [0, 0.05) is 12.1 Å². The Hall–Kier alpha value is -2.95.